The molecule has 0 heterocycles. The Morgan fingerprint density at radius 2 is 1.67 bits per heavy atom. The van der Waals surface area contributed by atoms with E-state index < -0.39 is 21.6 Å². The first-order valence-corrected chi connectivity index (χ1v) is 8.29. The zero-order chi connectivity index (χ0) is 16.3. The molecule has 0 aliphatic heterocycles. The first-order chi connectivity index (χ1) is 9.35. The van der Waals surface area contributed by atoms with E-state index in [1.54, 1.807) is 13.0 Å². The molecule has 0 radical (unpaired) electrons. The van der Waals surface area contributed by atoms with Crippen molar-refractivity contribution < 1.29 is 24.2 Å². The van der Waals surface area contributed by atoms with Crippen LogP contribution in [0.25, 0.3) is 0 Å². The number of hydrogen-bond acceptors (Lipinski definition) is 1. The number of benzene rings is 1. The number of hydrogen-bond donors (Lipinski definition) is 0. The Hall–Kier alpha value is -1.26. The van der Waals surface area contributed by atoms with Crippen molar-refractivity contribution in [2.45, 2.75) is 25.9 Å². The van der Waals surface area contributed by atoms with Gasteiger partial charge in [-0.3, -0.25) is 0 Å². The molecule has 0 saturated carbocycles. The third-order valence-electron chi connectivity index (χ3n) is 2.76. The Morgan fingerprint density at radius 1 is 1.10 bits per heavy atom. The summed E-state index contributed by atoms with van der Waals surface area (Å²) in [6.45, 7) is 2.45. The molecule has 0 amide bonds. The summed E-state index contributed by atoms with van der Waals surface area (Å²) in [6.07, 6.45) is 0.180. The third kappa shape index (κ3) is 6.82. The Labute approximate surface area is 121 Å². The van der Waals surface area contributed by atoms with Gasteiger partial charge in [0.25, 0.3) is 10.2 Å². The highest BCUT2D eigenvalue weighted by atomic mass is 32.5. The summed E-state index contributed by atoms with van der Waals surface area (Å²) >= 11 is 0. The van der Waals surface area contributed by atoms with Crippen LogP contribution in [0.15, 0.2) is 30.3 Å². The van der Waals surface area contributed by atoms with Crippen LogP contribution in [0.2, 0.25) is 0 Å². The summed E-state index contributed by atoms with van der Waals surface area (Å²) < 4.78 is 69.5. The van der Waals surface area contributed by atoms with E-state index in [4.69, 9.17) is 4.74 Å². The second-order valence-electron chi connectivity index (χ2n) is 4.90. The van der Waals surface area contributed by atoms with Crippen molar-refractivity contribution in [3.63, 3.8) is 0 Å². The monoisotopic (exact) mass is 328 g/mol. The van der Waals surface area contributed by atoms with Gasteiger partial charge in [-0.2, -0.15) is 0 Å². The van der Waals surface area contributed by atoms with Crippen molar-refractivity contribution in [2.24, 2.45) is 0 Å². The lowest BCUT2D eigenvalue weighted by molar-refractivity contribution is -0.0207. The molecule has 1 aromatic carbocycles. The molecule has 0 N–H and O–H groups in total. The van der Waals surface area contributed by atoms with Gasteiger partial charge < -0.3 is 4.74 Å². The van der Waals surface area contributed by atoms with Crippen LogP contribution in [0.5, 0.6) is 0 Å². The molecule has 0 fully saturated rings. The zero-order valence-electron chi connectivity index (χ0n) is 11.7. The van der Waals surface area contributed by atoms with E-state index in [0.717, 1.165) is 6.92 Å². The predicted octanol–water partition coefficient (Wildman–Crippen LogP) is 5.63. The average Bonchev–Trinajstić information content (AvgIpc) is 2.32. The van der Waals surface area contributed by atoms with Crippen LogP contribution in [-0.2, 0) is 10.3 Å². The maximum absolute atomic E-state index is 12.9. The van der Waals surface area contributed by atoms with E-state index in [1.807, 2.05) is 0 Å². The molecule has 1 rings (SSSR count). The number of rotatable bonds is 6. The van der Waals surface area contributed by atoms with E-state index in [1.165, 1.54) is 24.3 Å². The molecule has 21 heavy (non-hydrogen) atoms. The summed E-state index contributed by atoms with van der Waals surface area (Å²) in [6, 6.07) is 7.23. The minimum Gasteiger partial charge on any atom is -0.368 e. The van der Waals surface area contributed by atoms with Crippen LogP contribution >= 0.6 is 10.2 Å². The van der Waals surface area contributed by atoms with Crippen molar-refractivity contribution in [1.29, 1.82) is 0 Å². The maximum atomic E-state index is 12.9. The Balaban J connectivity index is 3.08. The molecule has 1 aromatic rings. The molecule has 0 aromatic heterocycles. The van der Waals surface area contributed by atoms with Gasteiger partial charge in [-0.05, 0) is 19.4 Å². The normalized spacial score (nSPS) is 17.9. The molecular weight excluding hydrogens is 311 g/mol. The van der Waals surface area contributed by atoms with Gasteiger partial charge >= 0.3 is 0 Å². The van der Waals surface area contributed by atoms with Crippen LogP contribution in [-0.4, -0.2) is 12.4 Å². The zero-order valence-corrected chi connectivity index (χ0v) is 12.5. The van der Waals surface area contributed by atoms with Gasteiger partial charge in [-0.25, -0.2) is 0 Å². The molecule has 120 valence electrons. The quantitative estimate of drug-likeness (QED) is 0.373. The van der Waals surface area contributed by atoms with Crippen LogP contribution in [0.4, 0.5) is 19.4 Å². The molecule has 0 saturated heterocycles. The fourth-order valence-corrected chi connectivity index (χ4v) is 3.26. The summed E-state index contributed by atoms with van der Waals surface area (Å²) in [7, 11) is -9.61. The molecule has 0 bridgehead atoms. The SMILES string of the molecule is CC#CCCOC(C)(CS(F)(F)(F)(F)F)c1ccccc1. The lowest BCUT2D eigenvalue weighted by Crippen LogP contribution is -2.36. The van der Waals surface area contributed by atoms with Crippen LogP contribution in [0.3, 0.4) is 0 Å². The van der Waals surface area contributed by atoms with Crippen LogP contribution < -0.4 is 0 Å². The van der Waals surface area contributed by atoms with Gasteiger partial charge in [0, 0.05) is 6.42 Å². The van der Waals surface area contributed by atoms with Crippen LogP contribution in [0, 0.1) is 11.8 Å². The summed E-state index contributed by atoms with van der Waals surface area (Å²) in [5, 5.41) is 0. The Kier molecular flexibility index (Phi) is 4.39. The van der Waals surface area contributed by atoms with Gasteiger partial charge in [0.05, 0.1) is 6.61 Å². The molecule has 7 heteroatoms. The van der Waals surface area contributed by atoms with Gasteiger partial charge in [-0.1, -0.05) is 49.8 Å². The van der Waals surface area contributed by atoms with E-state index in [-0.39, 0.29) is 18.6 Å². The molecule has 0 aliphatic rings. The van der Waals surface area contributed by atoms with E-state index >= 15 is 0 Å². The second-order valence-corrected chi connectivity index (χ2v) is 7.44. The lowest BCUT2D eigenvalue weighted by Gasteiger charge is -2.46. The first-order valence-electron chi connectivity index (χ1n) is 6.17. The van der Waals surface area contributed by atoms with E-state index in [9.17, 15) is 19.4 Å². The fraction of sp³-hybridized carbons (Fsp3) is 0.429. The highest BCUT2D eigenvalue weighted by molar-refractivity contribution is 8.45. The minimum atomic E-state index is -9.61. The molecule has 1 atom stereocenters. The summed E-state index contributed by atoms with van der Waals surface area (Å²) in [4.78, 5) is 0. The van der Waals surface area contributed by atoms with E-state index in [0.29, 0.717) is 0 Å². The van der Waals surface area contributed by atoms with Crippen LogP contribution in [0.1, 0.15) is 25.8 Å². The topological polar surface area (TPSA) is 9.23 Å². The summed E-state index contributed by atoms with van der Waals surface area (Å²) in [5.74, 6) is 2.89. The van der Waals surface area contributed by atoms with Gasteiger partial charge in [0.2, 0.25) is 0 Å². The minimum absolute atomic E-state index is 0.0581. The average molecular weight is 328 g/mol. The van der Waals surface area contributed by atoms with E-state index in [2.05, 4.69) is 11.8 Å². The fourth-order valence-electron chi connectivity index (χ4n) is 1.97. The first kappa shape index (κ1) is 17.8. The largest absolute Gasteiger partial charge is 0.368 e. The number of halogens is 5. The summed E-state index contributed by atoms with van der Waals surface area (Å²) in [5.41, 5.74) is -2.08. The van der Waals surface area contributed by atoms with Gasteiger partial charge in [0.15, 0.2) is 0 Å². The molecule has 1 unspecified atom stereocenters. The molecule has 0 spiro atoms. The molecule has 1 nitrogen and oxygen atoms in total. The van der Waals surface area contributed by atoms with Gasteiger partial charge in [-0.15, -0.1) is 11.8 Å². The molecule has 0 aliphatic carbocycles. The highest BCUT2D eigenvalue weighted by Crippen LogP contribution is 2.98. The Morgan fingerprint density at radius 3 is 2.14 bits per heavy atom. The third-order valence-corrected chi connectivity index (χ3v) is 3.85. The number of ether oxygens (including phenoxy) is 1. The Bertz CT molecular complexity index is 543. The second kappa shape index (κ2) is 5.18. The highest BCUT2D eigenvalue weighted by Gasteiger charge is 2.67. The molecular formula is C14H17F5OS. The van der Waals surface area contributed by atoms with Crippen molar-refractivity contribution in [3.8, 4) is 11.8 Å². The standard InChI is InChI=1S/C14H17F5OS/c1-3-4-8-11-20-14(2,12-21(15,16,17,18)19)13-9-6-5-7-10-13/h5-7,9-10H,8,11-12H2,1-2H3. The lowest BCUT2D eigenvalue weighted by atomic mass is 9.98. The van der Waals surface area contributed by atoms with Crippen molar-refractivity contribution in [1.82, 2.24) is 0 Å². The van der Waals surface area contributed by atoms with Gasteiger partial charge in [0.1, 0.15) is 11.4 Å². The predicted molar refractivity (Wildman–Crippen MR) is 75.8 cm³/mol. The maximum Gasteiger partial charge on any atom is 0.288 e. The van der Waals surface area contributed by atoms with Crippen molar-refractivity contribution >= 4 is 10.2 Å². The smallest absolute Gasteiger partial charge is 0.288 e. The van der Waals surface area contributed by atoms with Crippen molar-refractivity contribution in [2.75, 3.05) is 12.4 Å². The van der Waals surface area contributed by atoms with Crippen molar-refractivity contribution in [3.05, 3.63) is 35.9 Å².